The standard InChI is InChI=1S/C28H33FN4O3/c1-18(2)10-11-33-26-9-8-24(35-3)14-25(26)27(31-33)28(34)30-21-12-22-16-36-17-23(13-21)32(22)15-19-4-6-20(29)7-5-19/h4-10,14,21-23H,11-13,15-17H2,1-3H3,(H,30,34)/t21?,22-,23+. The largest absolute Gasteiger partial charge is 0.497 e. The minimum Gasteiger partial charge on any atom is -0.497 e. The van der Waals surface area contributed by atoms with E-state index in [1.165, 1.54) is 17.7 Å². The van der Waals surface area contributed by atoms with E-state index in [9.17, 15) is 9.18 Å². The summed E-state index contributed by atoms with van der Waals surface area (Å²) in [5, 5.41) is 8.74. The Morgan fingerprint density at radius 3 is 2.56 bits per heavy atom. The number of amides is 1. The van der Waals surface area contributed by atoms with Crippen LogP contribution in [0.15, 0.2) is 54.1 Å². The summed E-state index contributed by atoms with van der Waals surface area (Å²) >= 11 is 0. The fourth-order valence-electron chi connectivity index (χ4n) is 5.28. The summed E-state index contributed by atoms with van der Waals surface area (Å²) in [5.41, 5.74) is 3.59. The lowest BCUT2D eigenvalue weighted by molar-refractivity contribution is -0.0843. The number of ether oxygens (including phenoxy) is 2. The Balaban J connectivity index is 1.33. The second-order valence-corrected chi connectivity index (χ2v) is 9.98. The number of nitrogens with one attached hydrogen (secondary N) is 1. The van der Waals surface area contributed by atoms with E-state index in [0.29, 0.717) is 31.2 Å². The van der Waals surface area contributed by atoms with Gasteiger partial charge in [-0.15, -0.1) is 0 Å². The zero-order valence-electron chi connectivity index (χ0n) is 21.0. The van der Waals surface area contributed by atoms with Crippen LogP contribution < -0.4 is 10.1 Å². The van der Waals surface area contributed by atoms with Crippen molar-refractivity contribution in [2.24, 2.45) is 0 Å². The van der Waals surface area contributed by atoms with Crippen molar-refractivity contribution in [1.29, 1.82) is 0 Å². The van der Waals surface area contributed by atoms with E-state index in [1.807, 2.05) is 48.9 Å². The third kappa shape index (κ3) is 5.15. The molecule has 3 aromatic rings. The third-order valence-corrected chi connectivity index (χ3v) is 7.13. The smallest absolute Gasteiger partial charge is 0.272 e. The van der Waals surface area contributed by atoms with E-state index < -0.39 is 0 Å². The maximum Gasteiger partial charge on any atom is 0.272 e. The monoisotopic (exact) mass is 492 g/mol. The topological polar surface area (TPSA) is 68.6 Å². The van der Waals surface area contributed by atoms with Crippen LogP contribution in [0.2, 0.25) is 0 Å². The molecule has 3 atom stereocenters. The summed E-state index contributed by atoms with van der Waals surface area (Å²) in [4.78, 5) is 15.9. The zero-order chi connectivity index (χ0) is 25.2. The number of carbonyl (C=O) groups is 1. The number of aromatic nitrogens is 2. The molecule has 1 aromatic heterocycles. The van der Waals surface area contributed by atoms with Gasteiger partial charge in [0.1, 0.15) is 11.6 Å². The number of benzene rings is 2. The van der Waals surface area contributed by atoms with Gasteiger partial charge in [-0.2, -0.15) is 5.10 Å². The van der Waals surface area contributed by atoms with Crippen molar-refractivity contribution in [1.82, 2.24) is 20.0 Å². The molecule has 190 valence electrons. The van der Waals surface area contributed by atoms with Gasteiger partial charge in [-0.3, -0.25) is 14.4 Å². The predicted octanol–water partition coefficient (Wildman–Crippen LogP) is 4.31. The van der Waals surface area contributed by atoms with Crippen molar-refractivity contribution in [3.05, 3.63) is 71.2 Å². The van der Waals surface area contributed by atoms with Crippen molar-refractivity contribution in [2.75, 3.05) is 20.3 Å². The van der Waals surface area contributed by atoms with Crippen LogP contribution in [0.25, 0.3) is 10.9 Å². The number of fused-ring (bicyclic) bond motifs is 3. The first-order chi connectivity index (χ1) is 17.4. The van der Waals surface area contributed by atoms with Crippen LogP contribution in [0, 0.1) is 5.82 Å². The number of nitrogens with zero attached hydrogens (tertiary/aromatic N) is 3. The predicted molar refractivity (Wildman–Crippen MR) is 137 cm³/mol. The van der Waals surface area contributed by atoms with Gasteiger partial charge in [-0.05, 0) is 62.6 Å². The zero-order valence-corrected chi connectivity index (χ0v) is 21.0. The Bertz CT molecular complexity index is 1250. The van der Waals surface area contributed by atoms with Crippen LogP contribution in [0.5, 0.6) is 5.75 Å². The van der Waals surface area contributed by atoms with Gasteiger partial charge in [0.15, 0.2) is 5.69 Å². The van der Waals surface area contributed by atoms with Crippen molar-refractivity contribution in [2.45, 2.75) is 57.9 Å². The average molecular weight is 493 g/mol. The van der Waals surface area contributed by atoms with Gasteiger partial charge in [0.05, 0.1) is 32.4 Å². The van der Waals surface area contributed by atoms with E-state index in [4.69, 9.17) is 14.6 Å². The summed E-state index contributed by atoms with van der Waals surface area (Å²) in [5.74, 6) is 0.302. The third-order valence-electron chi connectivity index (χ3n) is 7.13. The van der Waals surface area contributed by atoms with Crippen LogP contribution in [0.3, 0.4) is 0 Å². The molecule has 1 N–H and O–H groups in total. The first-order valence-corrected chi connectivity index (χ1v) is 12.5. The summed E-state index contributed by atoms with van der Waals surface area (Å²) in [6, 6.07) is 12.8. The van der Waals surface area contributed by atoms with E-state index in [2.05, 4.69) is 16.3 Å². The number of methoxy groups -OCH3 is 1. The number of piperidine rings is 1. The van der Waals surface area contributed by atoms with Crippen LogP contribution in [0.1, 0.15) is 42.7 Å². The molecule has 1 amide bonds. The molecular formula is C28H33FN4O3. The SMILES string of the molecule is COc1ccc2c(c1)c(C(=O)NC1C[C@H]3COC[C@@H](C1)N3Cc1ccc(F)cc1)nn2CC=C(C)C. The van der Waals surface area contributed by atoms with Crippen molar-refractivity contribution >= 4 is 16.8 Å². The van der Waals surface area contributed by atoms with Gasteiger partial charge >= 0.3 is 0 Å². The Kier molecular flexibility index (Phi) is 7.07. The highest BCUT2D eigenvalue weighted by molar-refractivity contribution is 6.05. The molecule has 5 rings (SSSR count). The maximum atomic E-state index is 13.5. The highest BCUT2D eigenvalue weighted by Gasteiger charge is 2.39. The van der Waals surface area contributed by atoms with Gasteiger partial charge in [0.2, 0.25) is 0 Å². The van der Waals surface area contributed by atoms with Gasteiger partial charge < -0.3 is 14.8 Å². The minimum atomic E-state index is -0.225. The Morgan fingerprint density at radius 2 is 1.89 bits per heavy atom. The minimum absolute atomic E-state index is 0.0319. The Labute approximate surface area is 210 Å². The van der Waals surface area contributed by atoms with Crippen LogP contribution in [0.4, 0.5) is 4.39 Å². The highest BCUT2D eigenvalue weighted by Crippen LogP contribution is 2.30. The molecule has 2 bridgehead atoms. The molecule has 1 unspecified atom stereocenters. The van der Waals surface area contributed by atoms with Gasteiger partial charge in [0, 0.05) is 30.1 Å². The van der Waals surface area contributed by atoms with E-state index in [-0.39, 0.29) is 29.8 Å². The van der Waals surface area contributed by atoms with Gasteiger partial charge in [-0.25, -0.2) is 4.39 Å². The molecule has 0 aliphatic carbocycles. The van der Waals surface area contributed by atoms with Crippen molar-refractivity contribution in [3.8, 4) is 5.75 Å². The molecule has 7 nitrogen and oxygen atoms in total. The number of allylic oxidation sites excluding steroid dienone is 2. The van der Waals surface area contributed by atoms with Crippen LogP contribution >= 0.6 is 0 Å². The number of hydrogen-bond donors (Lipinski definition) is 1. The summed E-state index contributed by atoms with van der Waals surface area (Å²) in [7, 11) is 1.62. The Hall–Kier alpha value is -3.23. The lowest BCUT2D eigenvalue weighted by atomic mass is 9.89. The number of halogens is 1. The molecule has 2 aromatic carbocycles. The molecule has 2 fully saturated rings. The van der Waals surface area contributed by atoms with Gasteiger partial charge in [0.25, 0.3) is 5.91 Å². The van der Waals surface area contributed by atoms with E-state index in [1.54, 1.807) is 7.11 Å². The molecule has 0 radical (unpaired) electrons. The summed E-state index contributed by atoms with van der Waals surface area (Å²) in [6.45, 7) is 6.69. The number of hydrogen-bond acceptors (Lipinski definition) is 5. The summed E-state index contributed by atoms with van der Waals surface area (Å²) in [6.07, 6.45) is 3.68. The summed E-state index contributed by atoms with van der Waals surface area (Å²) < 4.78 is 26.5. The number of morpholine rings is 1. The normalized spacial score (nSPS) is 21.8. The molecule has 0 spiro atoms. The molecule has 36 heavy (non-hydrogen) atoms. The molecule has 3 heterocycles. The first-order valence-electron chi connectivity index (χ1n) is 12.5. The van der Waals surface area contributed by atoms with Crippen LogP contribution in [-0.4, -0.2) is 59.0 Å². The molecule has 2 saturated heterocycles. The van der Waals surface area contributed by atoms with Crippen molar-refractivity contribution in [3.63, 3.8) is 0 Å². The number of rotatable bonds is 7. The van der Waals surface area contributed by atoms with Gasteiger partial charge in [-0.1, -0.05) is 23.8 Å². The molecular weight excluding hydrogens is 459 g/mol. The first kappa shape index (κ1) is 24.5. The lowest BCUT2D eigenvalue weighted by Gasteiger charge is -2.48. The molecule has 0 saturated carbocycles. The molecule has 8 heteroatoms. The van der Waals surface area contributed by atoms with E-state index in [0.717, 1.165) is 35.9 Å². The van der Waals surface area contributed by atoms with E-state index >= 15 is 0 Å². The maximum absolute atomic E-state index is 13.5. The van der Waals surface area contributed by atoms with Crippen molar-refractivity contribution < 1.29 is 18.7 Å². The average Bonchev–Trinajstić information content (AvgIpc) is 3.22. The van der Waals surface area contributed by atoms with Crippen LogP contribution in [-0.2, 0) is 17.8 Å². The molecule has 2 aliphatic heterocycles. The lowest BCUT2D eigenvalue weighted by Crippen LogP contribution is -2.60. The Morgan fingerprint density at radius 1 is 1.17 bits per heavy atom. The second-order valence-electron chi connectivity index (χ2n) is 9.98. The second kappa shape index (κ2) is 10.4. The fraction of sp³-hybridized carbons (Fsp3) is 0.429. The molecule has 2 aliphatic rings. The fourth-order valence-corrected chi connectivity index (χ4v) is 5.28. The number of carbonyl (C=O) groups excluding carboxylic acids is 1. The highest BCUT2D eigenvalue weighted by atomic mass is 19.1. The quantitative estimate of drug-likeness (QED) is 0.498.